The van der Waals surface area contributed by atoms with Gasteiger partial charge in [0.15, 0.2) is 5.83 Å². The Kier molecular flexibility index (Phi) is 5.17. The van der Waals surface area contributed by atoms with Crippen LogP contribution in [-0.4, -0.2) is 59.1 Å². The molecule has 192 valence electrons. The number of alkyl carbamates (subject to hydrolysis) is 1. The molecular formula is C25H25ClFN7O3. The van der Waals surface area contributed by atoms with Gasteiger partial charge in [-0.25, -0.2) is 9.18 Å². The highest BCUT2D eigenvalue weighted by atomic mass is 35.5. The minimum atomic E-state index is -0.809. The van der Waals surface area contributed by atoms with Crippen molar-refractivity contribution < 1.29 is 18.7 Å². The lowest BCUT2D eigenvalue weighted by Gasteiger charge is -2.26. The highest BCUT2D eigenvalue weighted by molar-refractivity contribution is 6.32. The van der Waals surface area contributed by atoms with Gasteiger partial charge in [0.1, 0.15) is 17.2 Å². The highest BCUT2D eigenvalue weighted by Gasteiger charge is 2.43. The summed E-state index contributed by atoms with van der Waals surface area (Å²) < 4.78 is 27.4. The molecule has 4 atom stereocenters. The molecule has 6 bridgehead atoms. The normalized spacial score (nSPS) is 26.4. The topological polar surface area (TPSA) is 117 Å². The van der Waals surface area contributed by atoms with E-state index in [2.05, 4.69) is 30.8 Å². The van der Waals surface area contributed by atoms with Crippen LogP contribution in [-0.2, 0) is 4.74 Å². The first-order valence-corrected chi connectivity index (χ1v) is 12.8. The minimum Gasteiger partial charge on any atom is -0.467 e. The number of carbonyl (C=O) groups excluding carboxylic acids is 1. The van der Waals surface area contributed by atoms with E-state index in [4.69, 9.17) is 21.1 Å². The van der Waals surface area contributed by atoms with E-state index < -0.39 is 18.0 Å². The summed E-state index contributed by atoms with van der Waals surface area (Å²) in [4.78, 5) is 23.4. The van der Waals surface area contributed by atoms with Gasteiger partial charge in [-0.2, -0.15) is 15.1 Å². The SMILES string of the molecule is COc1nc2c3c(n1)=C(F)C(NC=3)c1c(c(Cl)cc3[nH]ncc13)C1CC1CCOC(=O)NC1CCN2C1. The van der Waals surface area contributed by atoms with Crippen molar-refractivity contribution in [3.63, 3.8) is 0 Å². The fourth-order valence-corrected chi connectivity index (χ4v) is 6.31. The number of aromatic nitrogens is 4. The van der Waals surface area contributed by atoms with Gasteiger partial charge in [0, 0.05) is 29.7 Å². The summed E-state index contributed by atoms with van der Waals surface area (Å²) in [5, 5.41) is 15.5. The predicted octanol–water partition coefficient (Wildman–Crippen LogP) is 1.99. The minimum absolute atomic E-state index is 0.0775. The van der Waals surface area contributed by atoms with Crippen molar-refractivity contribution >= 4 is 46.4 Å². The van der Waals surface area contributed by atoms with Crippen LogP contribution in [0.15, 0.2) is 12.3 Å². The summed E-state index contributed by atoms with van der Waals surface area (Å²) in [6.45, 7) is 1.46. The third kappa shape index (κ3) is 3.66. The number of nitrogens with one attached hydrogen (secondary N) is 3. The summed E-state index contributed by atoms with van der Waals surface area (Å²) in [6, 6.07) is 1.00. The zero-order valence-corrected chi connectivity index (χ0v) is 20.8. The summed E-state index contributed by atoms with van der Waals surface area (Å²) >= 11 is 6.82. The van der Waals surface area contributed by atoms with E-state index in [1.807, 2.05) is 11.0 Å². The lowest BCUT2D eigenvalue weighted by molar-refractivity contribution is 0.139. The van der Waals surface area contributed by atoms with E-state index in [0.717, 1.165) is 28.5 Å². The molecule has 1 saturated heterocycles. The number of methoxy groups -OCH3 is 1. The fourth-order valence-electron chi connectivity index (χ4n) is 5.96. The summed E-state index contributed by atoms with van der Waals surface area (Å²) in [5.41, 5.74) is 2.37. The number of carbonyl (C=O) groups is 1. The van der Waals surface area contributed by atoms with Crippen LogP contribution >= 0.6 is 11.6 Å². The molecule has 10 nitrogen and oxygen atoms in total. The Morgan fingerprint density at radius 2 is 2.16 bits per heavy atom. The average Bonchev–Trinajstić information content (AvgIpc) is 3.24. The number of rotatable bonds is 1. The van der Waals surface area contributed by atoms with Gasteiger partial charge in [0.25, 0.3) is 0 Å². The molecule has 5 aliphatic rings. The number of hydrogen-bond acceptors (Lipinski definition) is 8. The zero-order chi connectivity index (χ0) is 25.3. The van der Waals surface area contributed by atoms with E-state index in [0.29, 0.717) is 48.6 Å². The highest BCUT2D eigenvalue weighted by Crippen LogP contribution is 2.55. The maximum Gasteiger partial charge on any atom is 0.407 e. The molecule has 8 rings (SSSR count). The molecule has 4 aliphatic heterocycles. The first-order valence-electron chi connectivity index (χ1n) is 12.4. The molecule has 37 heavy (non-hydrogen) atoms. The average molecular weight is 526 g/mol. The van der Waals surface area contributed by atoms with Crippen LogP contribution in [0.25, 0.3) is 22.9 Å². The standard InChI is InChI=1S/C25H25ClFN7O3/c1-36-24-31-21-15-8-28-22(20(21)27)19-14-9-29-33-17(14)7-16(26)18(19)13-6-11(13)3-5-37-25(35)30-12-2-4-34(10-12)23(15)32-24/h7-9,11-13,22,28H,2-6,10H2,1H3,(H,29,33)(H,30,35). The number of ether oxygens (including phenoxy) is 2. The van der Waals surface area contributed by atoms with Crippen LogP contribution in [0, 0.1) is 5.92 Å². The molecule has 0 spiro atoms. The molecule has 0 radical (unpaired) electrons. The van der Waals surface area contributed by atoms with Gasteiger partial charge in [-0.3, -0.25) is 5.10 Å². The number of hydrogen-bond donors (Lipinski definition) is 3. The largest absolute Gasteiger partial charge is 0.467 e. The molecule has 2 aromatic heterocycles. The Balaban J connectivity index is 1.45. The van der Waals surface area contributed by atoms with E-state index in [1.165, 1.54) is 7.11 Å². The third-order valence-electron chi connectivity index (χ3n) is 7.85. The molecule has 6 heterocycles. The lowest BCUT2D eigenvalue weighted by Crippen LogP contribution is -2.45. The van der Waals surface area contributed by atoms with E-state index in [9.17, 15) is 4.79 Å². The Morgan fingerprint density at radius 3 is 3.03 bits per heavy atom. The van der Waals surface area contributed by atoms with Crippen LogP contribution in [0.4, 0.5) is 15.0 Å². The molecule has 3 aromatic rings. The second-order valence-corrected chi connectivity index (χ2v) is 10.4. The molecular weight excluding hydrogens is 501 g/mol. The van der Waals surface area contributed by atoms with Crippen molar-refractivity contribution in [1.82, 2.24) is 30.8 Å². The molecule has 3 N–H and O–H groups in total. The molecule has 1 aromatic carbocycles. The summed E-state index contributed by atoms with van der Waals surface area (Å²) in [7, 11) is 1.46. The predicted molar refractivity (Wildman–Crippen MR) is 134 cm³/mol. The van der Waals surface area contributed by atoms with Gasteiger partial charge < -0.3 is 25.0 Å². The molecule has 4 unspecified atom stereocenters. The number of benzene rings is 1. The van der Waals surface area contributed by atoms with E-state index in [1.54, 1.807) is 12.4 Å². The first kappa shape index (κ1) is 22.6. The third-order valence-corrected chi connectivity index (χ3v) is 8.17. The summed E-state index contributed by atoms with van der Waals surface area (Å²) in [6.07, 6.45) is 5.36. The van der Waals surface area contributed by atoms with Gasteiger partial charge in [-0.1, -0.05) is 11.6 Å². The van der Waals surface area contributed by atoms with Crippen molar-refractivity contribution in [3.05, 3.63) is 39.0 Å². The summed E-state index contributed by atoms with van der Waals surface area (Å²) in [5.74, 6) is 0.520. The van der Waals surface area contributed by atoms with Crippen molar-refractivity contribution in [2.45, 2.75) is 37.3 Å². The van der Waals surface area contributed by atoms with Crippen molar-refractivity contribution in [1.29, 1.82) is 0 Å². The number of halogens is 2. The van der Waals surface area contributed by atoms with Crippen molar-refractivity contribution in [2.75, 3.05) is 31.7 Å². The number of fused-ring (bicyclic) bond motifs is 6. The van der Waals surface area contributed by atoms with Crippen molar-refractivity contribution in [2.24, 2.45) is 5.92 Å². The molecule has 2 fully saturated rings. The van der Waals surface area contributed by atoms with Gasteiger partial charge in [-0.05, 0) is 48.3 Å². The second kappa shape index (κ2) is 8.47. The Labute approximate surface area is 215 Å². The fraction of sp³-hybridized carbons (Fsp3) is 0.440. The first-order chi connectivity index (χ1) is 18.0. The van der Waals surface area contributed by atoms with Gasteiger partial charge in [0.2, 0.25) is 0 Å². The Bertz CT molecular complexity index is 1560. The van der Waals surface area contributed by atoms with Crippen LogP contribution in [0.5, 0.6) is 6.01 Å². The quantitative estimate of drug-likeness (QED) is 0.441. The Hall–Kier alpha value is -3.60. The van der Waals surface area contributed by atoms with Crippen LogP contribution in [0.3, 0.4) is 0 Å². The number of aromatic amines is 1. The van der Waals surface area contributed by atoms with Crippen LogP contribution in [0.1, 0.15) is 42.3 Å². The van der Waals surface area contributed by atoms with E-state index >= 15 is 4.39 Å². The zero-order valence-electron chi connectivity index (χ0n) is 20.1. The molecule has 1 amide bonds. The van der Waals surface area contributed by atoms with Gasteiger partial charge in [0.05, 0.1) is 36.7 Å². The smallest absolute Gasteiger partial charge is 0.407 e. The molecule has 1 aliphatic carbocycles. The maximum absolute atomic E-state index is 16.5. The van der Waals surface area contributed by atoms with Crippen LogP contribution < -0.4 is 30.8 Å². The lowest BCUT2D eigenvalue weighted by atomic mass is 9.91. The Morgan fingerprint density at radius 1 is 1.27 bits per heavy atom. The number of H-pyrrole nitrogens is 1. The molecule has 12 heteroatoms. The van der Waals surface area contributed by atoms with E-state index in [-0.39, 0.29) is 29.2 Å². The number of amides is 1. The monoisotopic (exact) mass is 525 g/mol. The second-order valence-electron chi connectivity index (χ2n) is 10.0. The van der Waals surface area contributed by atoms with Crippen LogP contribution in [0.2, 0.25) is 5.02 Å². The van der Waals surface area contributed by atoms with Gasteiger partial charge >= 0.3 is 12.1 Å². The maximum atomic E-state index is 16.5. The number of nitrogens with zero attached hydrogens (tertiary/aromatic N) is 4. The van der Waals surface area contributed by atoms with Crippen molar-refractivity contribution in [3.8, 4) is 6.01 Å². The number of anilines is 1. The molecule has 1 saturated carbocycles. The van der Waals surface area contributed by atoms with Gasteiger partial charge in [-0.15, -0.1) is 0 Å².